The number of aliphatic hydroxyl groups is 1. The van der Waals surface area contributed by atoms with Crippen molar-refractivity contribution in [1.82, 2.24) is 9.80 Å². The third-order valence-electron chi connectivity index (χ3n) is 7.01. The number of amides is 2. The summed E-state index contributed by atoms with van der Waals surface area (Å²) >= 11 is 1.57. The third kappa shape index (κ3) is 3.55. The van der Waals surface area contributed by atoms with Crippen LogP contribution in [0.1, 0.15) is 46.0 Å². The number of likely N-dealkylation sites (tertiary alicyclic amines) is 1. The van der Waals surface area contributed by atoms with Gasteiger partial charge in [0.05, 0.1) is 16.6 Å². The molecule has 3 rings (SSSR count). The number of carbonyl (C=O) groups excluding carboxylic acids is 2. The molecule has 3 aliphatic rings. The number of fused-ring (bicyclic) bond motifs is 1. The summed E-state index contributed by atoms with van der Waals surface area (Å²) in [6.07, 6.45) is 5.37. The molecule has 0 aromatic rings. The summed E-state index contributed by atoms with van der Waals surface area (Å²) in [5.41, 5.74) is 0. The fourth-order valence-electron chi connectivity index (χ4n) is 5.68. The lowest BCUT2D eigenvalue weighted by atomic mass is 9.66. The largest absolute Gasteiger partial charge is 0.481 e. The average Bonchev–Trinajstić information content (AvgIpc) is 3.29. The van der Waals surface area contributed by atoms with Gasteiger partial charge in [-0.2, -0.15) is 0 Å². The summed E-state index contributed by atoms with van der Waals surface area (Å²) in [4.78, 5) is 42.9. The standard InChI is InChI=1S/C22H34N2O5S/c1-4-6-10-23(9-5-2)20(27)18-22-14(3)13-15(30-22)16(21(28)29)17(22)19(26)24(18)11-7-8-12-25/h5,14-18,25H,2,4,6-13H2,1,3H3,(H,28,29)/t14?,15-,16+,17+,18?,22?/m1/s1. The second-order valence-electron chi connectivity index (χ2n) is 8.78. The van der Waals surface area contributed by atoms with E-state index in [1.165, 1.54) is 0 Å². The Balaban J connectivity index is 2.01. The molecule has 30 heavy (non-hydrogen) atoms. The molecule has 1 spiro atoms. The molecule has 7 nitrogen and oxygen atoms in total. The molecular formula is C22H34N2O5S. The smallest absolute Gasteiger partial charge is 0.308 e. The van der Waals surface area contributed by atoms with E-state index >= 15 is 0 Å². The number of carboxylic acid groups (broad SMARTS) is 1. The van der Waals surface area contributed by atoms with E-state index in [4.69, 9.17) is 0 Å². The second kappa shape index (κ2) is 9.30. The van der Waals surface area contributed by atoms with E-state index < -0.39 is 28.6 Å². The van der Waals surface area contributed by atoms with E-state index in [9.17, 15) is 24.6 Å². The van der Waals surface area contributed by atoms with Crippen molar-refractivity contribution in [2.45, 2.75) is 62.0 Å². The normalized spacial score (nSPS) is 34.3. The van der Waals surface area contributed by atoms with E-state index in [-0.39, 0.29) is 29.6 Å². The lowest BCUT2D eigenvalue weighted by Gasteiger charge is -2.40. The van der Waals surface area contributed by atoms with Gasteiger partial charge in [-0.05, 0) is 31.6 Å². The van der Waals surface area contributed by atoms with Gasteiger partial charge >= 0.3 is 5.97 Å². The maximum atomic E-state index is 13.9. The highest BCUT2D eigenvalue weighted by molar-refractivity contribution is 8.02. The Bertz CT molecular complexity index is 701. The molecule has 0 aliphatic carbocycles. The van der Waals surface area contributed by atoms with Crippen LogP contribution in [0.5, 0.6) is 0 Å². The van der Waals surface area contributed by atoms with Crippen molar-refractivity contribution in [3.8, 4) is 0 Å². The van der Waals surface area contributed by atoms with E-state index in [0.717, 1.165) is 19.3 Å². The highest BCUT2D eigenvalue weighted by Crippen LogP contribution is 2.68. The fourth-order valence-corrected chi connectivity index (χ4v) is 8.09. The highest BCUT2D eigenvalue weighted by Gasteiger charge is 2.76. The SMILES string of the molecule is C=CCN(CCCC)C(=O)C1N(CCCCO)C(=O)[C@@H]2[C@@H](C(=O)O)[C@H]3CC(C)C12S3. The zero-order valence-electron chi connectivity index (χ0n) is 18.0. The molecule has 3 fully saturated rings. The number of carbonyl (C=O) groups is 3. The van der Waals surface area contributed by atoms with Crippen LogP contribution in [0.3, 0.4) is 0 Å². The van der Waals surface area contributed by atoms with Crippen LogP contribution in [0.4, 0.5) is 0 Å². The molecule has 0 aromatic carbocycles. The van der Waals surface area contributed by atoms with Gasteiger partial charge in [0, 0.05) is 31.5 Å². The number of rotatable bonds is 11. The topological polar surface area (TPSA) is 98.2 Å². The Morgan fingerprint density at radius 2 is 2.10 bits per heavy atom. The maximum Gasteiger partial charge on any atom is 0.308 e. The van der Waals surface area contributed by atoms with E-state index in [0.29, 0.717) is 32.5 Å². The van der Waals surface area contributed by atoms with E-state index in [1.54, 1.807) is 27.6 Å². The Kier molecular flexibility index (Phi) is 7.17. The quantitative estimate of drug-likeness (QED) is 0.378. The van der Waals surface area contributed by atoms with Crippen molar-refractivity contribution in [3.63, 3.8) is 0 Å². The van der Waals surface area contributed by atoms with Crippen LogP contribution in [0.2, 0.25) is 0 Å². The third-order valence-corrected chi connectivity index (χ3v) is 9.09. The van der Waals surface area contributed by atoms with Gasteiger partial charge in [-0.15, -0.1) is 18.3 Å². The molecule has 3 aliphatic heterocycles. The zero-order chi connectivity index (χ0) is 22.1. The van der Waals surface area contributed by atoms with Gasteiger partial charge in [-0.25, -0.2) is 0 Å². The minimum atomic E-state index is -0.933. The molecule has 6 atom stereocenters. The van der Waals surface area contributed by atoms with Crippen molar-refractivity contribution in [2.75, 3.05) is 26.2 Å². The molecule has 2 N–H and O–H groups in total. The highest BCUT2D eigenvalue weighted by atomic mass is 32.2. The number of aliphatic hydroxyl groups excluding tert-OH is 1. The lowest BCUT2D eigenvalue weighted by molar-refractivity contribution is -0.149. The van der Waals surface area contributed by atoms with Crippen LogP contribution in [0, 0.1) is 17.8 Å². The van der Waals surface area contributed by atoms with Crippen LogP contribution < -0.4 is 0 Å². The van der Waals surface area contributed by atoms with Crippen molar-refractivity contribution in [1.29, 1.82) is 0 Å². The summed E-state index contributed by atoms with van der Waals surface area (Å²) in [6.45, 7) is 9.33. The van der Waals surface area contributed by atoms with Crippen LogP contribution in [0.15, 0.2) is 12.7 Å². The minimum Gasteiger partial charge on any atom is -0.481 e. The van der Waals surface area contributed by atoms with Gasteiger partial charge in [0.2, 0.25) is 11.8 Å². The second-order valence-corrected chi connectivity index (χ2v) is 10.3. The van der Waals surface area contributed by atoms with Gasteiger partial charge in [0.1, 0.15) is 6.04 Å². The zero-order valence-corrected chi connectivity index (χ0v) is 18.8. The molecule has 2 bridgehead atoms. The Labute approximate surface area is 182 Å². The molecular weight excluding hydrogens is 404 g/mol. The molecule has 168 valence electrons. The summed E-state index contributed by atoms with van der Waals surface area (Å²) in [6, 6.07) is -0.653. The monoisotopic (exact) mass is 438 g/mol. The van der Waals surface area contributed by atoms with Crippen LogP contribution >= 0.6 is 11.8 Å². The number of aliphatic carboxylic acids is 1. The number of nitrogens with zero attached hydrogens (tertiary/aromatic N) is 2. The minimum absolute atomic E-state index is 0.0271. The van der Waals surface area contributed by atoms with Crippen molar-refractivity contribution >= 4 is 29.5 Å². The summed E-state index contributed by atoms with van der Waals surface area (Å²) < 4.78 is -0.688. The Hall–Kier alpha value is -1.54. The summed E-state index contributed by atoms with van der Waals surface area (Å²) in [7, 11) is 0. The van der Waals surface area contributed by atoms with Gasteiger partial charge in [0.15, 0.2) is 0 Å². The van der Waals surface area contributed by atoms with E-state index in [1.807, 2.05) is 0 Å². The fraction of sp³-hybridized carbons (Fsp3) is 0.773. The Morgan fingerprint density at radius 3 is 2.70 bits per heavy atom. The molecule has 3 saturated heterocycles. The van der Waals surface area contributed by atoms with Crippen molar-refractivity contribution < 1.29 is 24.6 Å². The predicted molar refractivity (Wildman–Crippen MR) is 116 cm³/mol. The number of thioether (sulfide) groups is 1. The van der Waals surface area contributed by atoms with Crippen LogP contribution in [-0.2, 0) is 14.4 Å². The molecule has 3 unspecified atom stereocenters. The lowest BCUT2D eigenvalue weighted by Crippen LogP contribution is -2.57. The first kappa shape index (κ1) is 23.1. The molecule has 0 aromatic heterocycles. The first-order valence-electron chi connectivity index (χ1n) is 11.1. The van der Waals surface area contributed by atoms with Gasteiger partial charge in [0.25, 0.3) is 0 Å². The summed E-state index contributed by atoms with van der Waals surface area (Å²) in [5, 5.41) is 19.0. The molecule has 0 saturated carbocycles. The number of unbranched alkanes of at least 4 members (excludes halogenated alkanes) is 2. The van der Waals surface area contributed by atoms with Crippen molar-refractivity contribution in [2.24, 2.45) is 17.8 Å². The average molecular weight is 439 g/mol. The Morgan fingerprint density at radius 1 is 1.37 bits per heavy atom. The van der Waals surface area contributed by atoms with Crippen LogP contribution in [0.25, 0.3) is 0 Å². The van der Waals surface area contributed by atoms with Gasteiger partial charge < -0.3 is 20.0 Å². The van der Waals surface area contributed by atoms with Crippen LogP contribution in [-0.4, -0.2) is 80.1 Å². The predicted octanol–water partition coefficient (Wildman–Crippen LogP) is 2.00. The first-order valence-corrected chi connectivity index (χ1v) is 11.9. The van der Waals surface area contributed by atoms with Crippen molar-refractivity contribution in [3.05, 3.63) is 12.7 Å². The number of hydrogen-bond donors (Lipinski definition) is 2. The van der Waals surface area contributed by atoms with E-state index in [2.05, 4.69) is 20.4 Å². The van der Waals surface area contributed by atoms with Gasteiger partial charge in [-0.3, -0.25) is 14.4 Å². The number of carboxylic acids is 1. The maximum absolute atomic E-state index is 13.9. The molecule has 8 heteroatoms. The summed E-state index contributed by atoms with van der Waals surface area (Å²) in [5.74, 6) is -2.53. The molecule has 0 radical (unpaired) electrons. The molecule has 2 amide bonds. The molecule has 3 heterocycles. The van der Waals surface area contributed by atoms with Gasteiger partial charge in [-0.1, -0.05) is 26.3 Å². The number of hydrogen-bond acceptors (Lipinski definition) is 5. The first-order chi connectivity index (χ1) is 14.3.